The lowest BCUT2D eigenvalue weighted by Gasteiger charge is -2.17. The zero-order chi connectivity index (χ0) is 14.6. The molecule has 1 aliphatic heterocycles. The van der Waals surface area contributed by atoms with Crippen LogP contribution in [-0.2, 0) is 33.3 Å². The molecule has 1 saturated heterocycles. The first kappa shape index (κ1) is 15.9. The molecule has 19 heavy (non-hydrogen) atoms. The van der Waals surface area contributed by atoms with E-state index in [2.05, 4.69) is 0 Å². The monoisotopic (exact) mass is 276 g/mol. The highest BCUT2D eigenvalue weighted by molar-refractivity contribution is 5.86. The van der Waals surface area contributed by atoms with Gasteiger partial charge in [-0.15, -0.1) is 0 Å². The molecule has 2 atom stereocenters. The van der Waals surface area contributed by atoms with Gasteiger partial charge in [0, 0.05) is 7.11 Å². The molecule has 0 spiro atoms. The van der Waals surface area contributed by atoms with Crippen molar-refractivity contribution in [3.05, 3.63) is 0 Å². The summed E-state index contributed by atoms with van der Waals surface area (Å²) in [7, 11) is 1.34. The number of carbonyl (C=O) groups is 2. The Morgan fingerprint density at radius 3 is 1.53 bits per heavy atom. The molecule has 0 aromatic rings. The van der Waals surface area contributed by atoms with E-state index in [1.807, 2.05) is 0 Å². The number of methoxy groups -OCH3 is 1. The molecule has 0 amide bonds. The van der Waals surface area contributed by atoms with Crippen LogP contribution in [0.4, 0.5) is 0 Å². The number of ether oxygens (including phenoxy) is 5. The fourth-order valence-corrected chi connectivity index (χ4v) is 1.48. The van der Waals surface area contributed by atoms with Crippen LogP contribution in [0, 0.1) is 0 Å². The van der Waals surface area contributed by atoms with Gasteiger partial charge in [-0.1, -0.05) is 0 Å². The van der Waals surface area contributed by atoms with Crippen molar-refractivity contribution in [1.82, 2.24) is 0 Å². The van der Waals surface area contributed by atoms with Gasteiger partial charge in [0.25, 0.3) is 6.48 Å². The van der Waals surface area contributed by atoms with E-state index in [0.29, 0.717) is 0 Å². The maximum Gasteiger partial charge on any atom is 0.339 e. The molecule has 1 aliphatic rings. The van der Waals surface area contributed by atoms with Gasteiger partial charge in [0.1, 0.15) is 0 Å². The highest BCUT2D eigenvalue weighted by Gasteiger charge is 2.47. The predicted octanol–water partition coefficient (Wildman–Crippen LogP) is 0.604. The third kappa shape index (κ3) is 4.45. The molecule has 0 aromatic heterocycles. The fraction of sp³-hybridized carbons (Fsp3) is 0.833. The van der Waals surface area contributed by atoms with Gasteiger partial charge in [0.05, 0.1) is 12.2 Å². The lowest BCUT2D eigenvalue weighted by atomic mass is 10.2. The van der Waals surface area contributed by atoms with Crippen LogP contribution in [0.2, 0.25) is 0 Å². The van der Waals surface area contributed by atoms with Crippen LogP contribution < -0.4 is 0 Å². The van der Waals surface area contributed by atoms with Crippen LogP contribution in [0.3, 0.4) is 0 Å². The van der Waals surface area contributed by atoms with Gasteiger partial charge in [-0.25, -0.2) is 9.59 Å². The van der Waals surface area contributed by atoms with E-state index < -0.39 is 30.6 Å². The maximum absolute atomic E-state index is 11.8. The minimum absolute atomic E-state index is 0.320. The third-order valence-electron chi connectivity index (χ3n) is 2.15. The van der Waals surface area contributed by atoms with Gasteiger partial charge < -0.3 is 23.7 Å². The molecule has 1 fully saturated rings. The molecule has 7 nitrogen and oxygen atoms in total. The van der Waals surface area contributed by atoms with Gasteiger partial charge in [-0.2, -0.15) is 0 Å². The summed E-state index contributed by atoms with van der Waals surface area (Å²) >= 11 is 0. The molecule has 1 heterocycles. The highest BCUT2D eigenvalue weighted by Crippen LogP contribution is 2.23. The molecule has 0 unspecified atom stereocenters. The zero-order valence-corrected chi connectivity index (χ0v) is 11.7. The molecular formula is C12H20O7. The summed E-state index contributed by atoms with van der Waals surface area (Å²) in [6.45, 7) is 5.70. The molecule has 0 aromatic carbocycles. The van der Waals surface area contributed by atoms with Crippen LogP contribution in [0.25, 0.3) is 0 Å². The van der Waals surface area contributed by atoms with E-state index in [4.69, 9.17) is 23.7 Å². The molecule has 1 rings (SSSR count). The van der Waals surface area contributed by atoms with Crippen molar-refractivity contribution in [1.29, 1.82) is 0 Å². The molecule has 7 heteroatoms. The summed E-state index contributed by atoms with van der Waals surface area (Å²) in [6, 6.07) is 0. The molecule has 110 valence electrons. The second kappa shape index (κ2) is 6.83. The summed E-state index contributed by atoms with van der Waals surface area (Å²) in [5.41, 5.74) is 0. The van der Waals surface area contributed by atoms with Crippen LogP contribution in [0.1, 0.15) is 27.7 Å². The van der Waals surface area contributed by atoms with Crippen LogP contribution >= 0.6 is 0 Å². The molecule has 0 N–H and O–H groups in total. The number of esters is 2. The number of hydrogen-bond donors (Lipinski definition) is 0. The Bertz CT molecular complexity index is 296. The summed E-state index contributed by atoms with van der Waals surface area (Å²) in [6.07, 6.45) is -3.00. The SMILES string of the molecule is COC1O[C@@H](C(=O)OC(C)C)[C@H](C(=O)OC(C)C)O1. The second-order valence-corrected chi connectivity index (χ2v) is 4.61. The average molecular weight is 276 g/mol. The maximum atomic E-state index is 11.8. The first-order valence-electron chi connectivity index (χ1n) is 6.09. The Morgan fingerprint density at radius 2 is 1.26 bits per heavy atom. The summed E-state index contributed by atoms with van der Waals surface area (Å²) in [5, 5.41) is 0. The standard InChI is InChI=1S/C12H20O7/c1-6(2)16-10(13)8-9(11(14)17-7(3)4)19-12(15-5)18-8/h6-9,12H,1-5H3/t8-,9-/m1/s1. The van der Waals surface area contributed by atoms with E-state index in [1.54, 1.807) is 27.7 Å². The minimum Gasteiger partial charge on any atom is -0.461 e. The van der Waals surface area contributed by atoms with Crippen molar-refractivity contribution in [2.75, 3.05) is 7.11 Å². The molecule has 0 saturated carbocycles. The lowest BCUT2D eigenvalue weighted by Crippen LogP contribution is -2.40. The summed E-state index contributed by atoms with van der Waals surface area (Å²) < 4.78 is 25.2. The van der Waals surface area contributed by atoms with E-state index in [0.717, 1.165) is 0 Å². The van der Waals surface area contributed by atoms with Crippen LogP contribution in [0.15, 0.2) is 0 Å². The quantitative estimate of drug-likeness (QED) is 0.680. The Kier molecular flexibility index (Phi) is 5.71. The minimum atomic E-state index is -1.18. The third-order valence-corrected chi connectivity index (χ3v) is 2.15. The fourth-order valence-electron chi connectivity index (χ4n) is 1.48. The van der Waals surface area contributed by atoms with Crippen LogP contribution in [-0.4, -0.2) is 49.9 Å². The Morgan fingerprint density at radius 1 is 0.895 bits per heavy atom. The van der Waals surface area contributed by atoms with Gasteiger partial charge >= 0.3 is 11.9 Å². The van der Waals surface area contributed by atoms with Gasteiger partial charge in [-0.3, -0.25) is 0 Å². The summed E-state index contributed by atoms with van der Waals surface area (Å²) in [5.74, 6) is -1.36. The molecular weight excluding hydrogens is 256 g/mol. The summed E-state index contributed by atoms with van der Waals surface area (Å²) in [4.78, 5) is 23.7. The normalized spacial score (nSPS) is 23.9. The lowest BCUT2D eigenvalue weighted by molar-refractivity contribution is -0.232. The molecule has 0 bridgehead atoms. The first-order valence-corrected chi connectivity index (χ1v) is 6.09. The van der Waals surface area contributed by atoms with Crippen molar-refractivity contribution in [3.63, 3.8) is 0 Å². The van der Waals surface area contributed by atoms with E-state index in [9.17, 15) is 9.59 Å². The molecule has 0 aliphatic carbocycles. The van der Waals surface area contributed by atoms with Crippen molar-refractivity contribution in [3.8, 4) is 0 Å². The van der Waals surface area contributed by atoms with E-state index in [-0.39, 0.29) is 12.2 Å². The Balaban J connectivity index is 2.74. The van der Waals surface area contributed by atoms with Gasteiger partial charge in [0.15, 0.2) is 12.2 Å². The average Bonchev–Trinajstić information content (AvgIpc) is 2.71. The van der Waals surface area contributed by atoms with E-state index in [1.165, 1.54) is 7.11 Å². The predicted molar refractivity (Wildman–Crippen MR) is 63.0 cm³/mol. The molecule has 0 radical (unpaired) electrons. The number of hydrogen-bond acceptors (Lipinski definition) is 7. The second-order valence-electron chi connectivity index (χ2n) is 4.61. The van der Waals surface area contributed by atoms with Crippen molar-refractivity contribution in [2.45, 2.75) is 58.6 Å². The Labute approximate surface area is 112 Å². The van der Waals surface area contributed by atoms with E-state index >= 15 is 0 Å². The zero-order valence-electron chi connectivity index (χ0n) is 11.7. The van der Waals surface area contributed by atoms with Gasteiger partial charge in [0.2, 0.25) is 0 Å². The highest BCUT2D eigenvalue weighted by atomic mass is 16.9. The smallest absolute Gasteiger partial charge is 0.339 e. The largest absolute Gasteiger partial charge is 0.461 e. The van der Waals surface area contributed by atoms with Crippen molar-refractivity contribution in [2.24, 2.45) is 0 Å². The Hall–Kier alpha value is -1.18. The van der Waals surface area contributed by atoms with Crippen molar-refractivity contribution < 1.29 is 33.3 Å². The topological polar surface area (TPSA) is 80.3 Å². The first-order chi connectivity index (χ1) is 8.85. The van der Waals surface area contributed by atoms with Crippen molar-refractivity contribution >= 4 is 11.9 Å². The number of rotatable bonds is 5. The van der Waals surface area contributed by atoms with Crippen LogP contribution in [0.5, 0.6) is 0 Å². The van der Waals surface area contributed by atoms with Gasteiger partial charge in [-0.05, 0) is 27.7 Å². The number of carbonyl (C=O) groups excluding carboxylic acids is 2.